The largest absolute Gasteiger partial charge is 0.490 e. The van der Waals surface area contributed by atoms with Crippen LogP contribution in [0.1, 0.15) is 25.5 Å². The van der Waals surface area contributed by atoms with Crippen LogP contribution in [0, 0.1) is 5.82 Å². The Morgan fingerprint density at radius 2 is 1.81 bits per heavy atom. The van der Waals surface area contributed by atoms with Crippen molar-refractivity contribution in [2.45, 2.75) is 26.0 Å². The molecule has 3 nitrogen and oxygen atoms in total. The van der Waals surface area contributed by atoms with Gasteiger partial charge in [-0.2, -0.15) is 0 Å². The van der Waals surface area contributed by atoms with Gasteiger partial charge in [-0.3, -0.25) is 0 Å². The Hall–Kier alpha value is -2.07. The maximum atomic E-state index is 13.4. The minimum atomic E-state index is -0.442. The first-order valence-corrected chi connectivity index (χ1v) is 7.01. The van der Waals surface area contributed by atoms with E-state index in [2.05, 4.69) is 0 Å². The van der Waals surface area contributed by atoms with Crippen LogP contribution in [0.4, 0.5) is 4.39 Å². The van der Waals surface area contributed by atoms with E-state index < -0.39 is 6.10 Å². The molecule has 2 unspecified atom stereocenters. The number of ether oxygens (including phenoxy) is 2. The molecule has 112 valence electrons. The van der Waals surface area contributed by atoms with Gasteiger partial charge < -0.3 is 15.2 Å². The van der Waals surface area contributed by atoms with E-state index in [-0.39, 0.29) is 11.9 Å². The molecule has 0 bridgehead atoms. The van der Waals surface area contributed by atoms with E-state index in [0.717, 1.165) is 0 Å². The third-order valence-electron chi connectivity index (χ3n) is 3.06. The Kier molecular flexibility index (Phi) is 5.17. The number of halogens is 1. The predicted molar refractivity (Wildman–Crippen MR) is 81.0 cm³/mol. The number of hydrogen-bond acceptors (Lipinski definition) is 3. The summed E-state index contributed by atoms with van der Waals surface area (Å²) in [6.45, 7) is 4.29. The zero-order chi connectivity index (χ0) is 15.2. The molecular weight excluding hydrogens is 269 g/mol. The van der Waals surface area contributed by atoms with Crippen molar-refractivity contribution >= 4 is 0 Å². The highest BCUT2D eigenvalue weighted by Gasteiger charge is 2.20. The van der Waals surface area contributed by atoms with Gasteiger partial charge in [0.1, 0.15) is 11.9 Å². The lowest BCUT2D eigenvalue weighted by atomic mass is 10.0. The molecule has 0 aromatic heterocycles. The molecule has 0 aliphatic carbocycles. The summed E-state index contributed by atoms with van der Waals surface area (Å²) in [4.78, 5) is 0. The minimum absolute atomic E-state index is 0.290. The van der Waals surface area contributed by atoms with Crippen molar-refractivity contribution in [1.29, 1.82) is 0 Å². The van der Waals surface area contributed by atoms with Crippen LogP contribution < -0.4 is 15.2 Å². The fourth-order valence-corrected chi connectivity index (χ4v) is 2.12. The van der Waals surface area contributed by atoms with Crippen LogP contribution >= 0.6 is 0 Å². The molecular formula is C17H20FNO2. The van der Waals surface area contributed by atoms with Gasteiger partial charge in [0, 0.05) is 6.04 Å². The smallest absolute Gasteiger partial charge is 0.162 e. The topological polar surface area (TPSA) is 44.5 Å². The van der Waals surface area contributed by atoms with Gasteiger partial charge in [0.15, 0.2) is 11.5 Å². The highest BCUT2D eigenvalue weighted by Crippen LogP contribution is 2.32. The van der Waals surface area contributed by atoms with Gasteiger partial charge in [-0.05, 0) is 43.7 Å². The first kappa shape index (κ1) is 15.3. The van der Waals surface area contributed by atoms with Crippen LogP contribution in [0.5, 0.6) is 11.5 Å². The summed E-state index contributed by atoms with van der Waals surface area (Å²) in [7, 11) is 0. The first-order valence-electron chi connectivity index (χ1n) is 7.01. The van der Waals surface area contributed by atoms with Crippen molar-refractivity contribution in [3.05, 3.63) is 59.9 Å². The summed E-state index contributed by atoms with van der Waals surface area (Å²) in [5.41, 5.74) is 6.71. The van der Waals surface area contributed by atoms with E-state index in [1.807, 2.05) is 38.1 Å². The van der Waals surface area contributed by atoms with E-state index in [1.54, 1.807) is 12.1 Å². The Morgan fingerprint density at radius 3 is 2.43 bits per heavy atom. The summed E-state index contributed by atoms with van der Waals surface area (Å²) in [6, 6.07) is 13.4. The maximum absolute atomic E-state index is 13.4. The van der Waals surface area contributed by atoms with Crippen LogP contribution in [0.25, 0.3) is 0 Å². The molecule has 0 aliphatic rings. The lowest BCUT2D eigenvalue weighted by Gasteiger charge is -2.24. The van der Waals surface area contributed by atoms with Crippen LogP contribution in [-0.2, 0) is 0 Å². The molecule has 2 atom stereocenters. The summed E-state index contributed by atoms with van der Waals surface area (Å²) >= 11 is 0. The number of rotatable bonds is 6. The second-order valence-corrected chi connectivity index (χ2v) is 4.83. The molecule has 4 heteroatoms. The molecule has 0 aliphatic heterocycles. The lowest BCUT2D eigenvalue weighted by molar-refractivity contribution is 0.170. The fraction of sp³-hybridized carbons (Fsp3) is 0.294. The monoisotopic (exact) mass is 289 g/mol. The van der Waals surface area contributed by atoms with Gasteiger partial charge in [-0.25, -0.2) is 4.39 Å². The average molecular weight is 289 g/mol. The van der Waals surface area contributed by atoms with E-state index in [0.29, 0.717) is 23.7 Å². The molecule has 0 amide bonds. The Morgan fingerprint density at radius 1 is 1.10 bits per heavy atom. The van der Waals surface area contributed by atoms with Gasteiger partial charge >= 0.3 is 0 Å². The number of hydrogen-bond donors (Lipinski definition) is 1. The molecule has 0 fully saturated rings. The highest BCUT2D eigenvalue weighted by atomic mass is 19.1. The Balaban J connectivity index is 2.29. The lowest BCUT2D eigenvalue weighted by Crippen LogP contribution is -2.29. The molecule has 2 aromatic rings. The summed E-state index contributed by atoms with van der Waals surface area (Å²) < 4.78 is 24.9. The normalized spacial score (nSPS) is 13.5. The third-order valence-corrected chi connectivity index (χ3v) is 3.06. The number of para-hydroxylation sites is 2. The first-order chi connectivity index (χ1) is 10.1. The maximum Gasteiger partial charge on any atom is 0.162 e. The van der Waals surface area contributed by atoms with Gasteiger partial charge in [0.05, 0.1) is 6.61 Å². The van der Waals surface area contributed by atoms with Crippen LogP contribution in [0.3, 0.4) is 0 Å². The van der Waals surface area contributed by atoms with E-state index in [4.69, 9.17) is 15.2 Å². The quantitative estimate of drug-likeness (QED) is 0.882. The zero-order valence-corrected chi connectivity index (χ0v) is 12.3. The molecule has 0 saturated heterocycles. The standard InChI is InChI=1S/C17H20FNO2/c1-3-20-15-9-4-5-10-16(15)21-17(12(2)19)13-7-6-8-14(18)11-13/h4-12,17H,3,19H2,1-2H3. The van der Waals surface area contributed by atoms with Crippen molar-refractivity contribution in [3.8, 4) is 11.5 Å². The fourth-order valence-electron chi connectivity index (χ4n) is 2.12. The van der Waals surface area contributed by atoms with E-state index >= 15 is 0 Å². The molecule has 2 aromatic carbocycles. The molecule has 2 N–H and O–H groups in total. The van der Waals surface area contributed by atoms with Crippen molar-refractivity contribution in [2.24, 2.45) is 5.73 Å². The summed E-state index contributed by atoms with van der Waals surface area (Å²) in [5, 5.41) is 0. The van der Waals surface area contributed by atoms with Gasteiger partial charge in [-0.1, -0.05) is 24.3 Å². The van der Waals surface area contributed by atoms with Crippen molar-refractivity contribution in [3.63, 3.8) is 0 Å². The Bertz CT molecular complexity index is 587. The van der Waals surface area contributed by atoms with Gasteiger partial charge in [0.2, 0.25) is 0 Å². The minimum Gasteiger partial charge on any atom is -0.490 e. The number of benzene rings is 2. The highest BCUT2D eigenvalue weighted by molar-refractivity contribution is 5.40. The van der Waals surface area contributed by atoms with E-state index in [1.165, 1.54) is 12.1 Å². The van der Waals surface area contributed by atoms with Crippen LogP contribution in [0.15, 0.2) is 48.5 Å². The molecule has 21 heavy (non-hydrogen) atoms. The number of nitrogens with two attached hydrogens (primary N) is 1. The predicted octanol–water partition coefficient (Wildman–Crippen LogP) is 3.69. The second-order valence-electron chi connectivity index (χ2n) is 4.83. The average Bonchev–Trinajstić information content (AvgIpc) is 2.46. The summed E-state index contributed by atoms with van der Waals surface area (Å²) in [5.74, 6) is 0.952. The molecule has 0 radical (unpaired) electrons. The zero-order valence-electron chi connectivity index (χ0n) is 12.3. The second kappa shape index (κ2) is 7.09. The third kappa shape index (κ3) is 3.95. The molecule has 0 heterocycles. The van der Waals surface area contributed by atoms with Crippen molar-refractivity contribution in [1.82, 2.24) is 0 Å². The van der Waals surface area contributed by atoms with Crippen LogP contribution in [0.2, 0.25) is 0 Å². The SMILES string of the molecule is CCOc1ccccc1OC(c1cccc(F)c1)C(C)N. The molecule has 2 rings (SSSR count). The van der Waals surface area contributed by atoms with Crippen molar-refractivity contribution in [2.75, 3.05) is 6.61 Å². The van der Waals surface area contributed by atoms with Crippen LogP contribution in [-0.4, -0.2) is 12.6 Å². The molecule has 0 spiro atoms. The van der Waals surface area contributed by atoms with Crippen molar-refractivity contribution < 1.29 is 13.9 Å². The Labute approximate surface area is 124 Å². The summed E-state index contributed by atoms with van der Waals surface area (Å²) in [6.07, 6.45) is -0.442. The molecule has 0 saturated carbocycles. The van der Waals surface area contributed by atoms with Gasteiger partial charge in [0.25, 0.3) is 0 Å². The van der Waals surface area contributed by atoms with E-state index in [9.17, 15) is 4.39 Å². The van der Waals surface area contributed by atoms with Gasteiger partial charge in [-0.15, -0.1) is 0 Å².